The van der Waals surface area contributed by atoms with Crippen molar-refractivity contribution >= 4 is 19.1 Å². The number of ether oxygens (including phenoxy) is 1. The Morgan fingerprint density at radius 2 is 2.06 bits per heavy atom. The molecule has 32 heavy (non-hydrogen) atoms. The molecule has 2 atom stereocenters. The molecule has 0 aromatic heterocycles. The zero-order valence-corrected chi connectivity index (χ0v) is 18.7. The predicted molar refractivity (Wildman–Crippen MR) is 120 cm³/mol. The molecular formula is C22H31BN4O5. The molecular weight excluding hydrogens is 411 g/mol. The summed E-state index contributed by atoms with van der Waals surface area (Å²) >= 11 is 0. The van der Waals surface area contributed by atoms with Crippen LogP contribution in [0.4, 0.5) is 4.79 Å². The minimum Gasteiger partial charge on any atom is -0.447 e. The fourth-order valence-corrected chi connectivity index (χ4v) is 3.37. The van der Waals surface area contributed by atoms with Crippen molar-refractivity contribution in [2.24, 2.45) is 5.41 Å². The highest BCUT2D eigenvalue weighted by Gasteiger charge is 2.31. The highest BCUT2D eigenvalue weighted by molar-refractivity contribution is 6.43. The standard InChI is InChI=1S/C22H31BN4O5/c1-22(2,3)12-17(13-24)20(28)27-10-9-25-14-18(27)15-32-21(29)26-19(23(30)31)11-16-7-5-4-6-8-16/h4-8,12,18-19,25,30-31H,9-11,14-15H2,1-3H3,(H,26,29)/b17-12+/t18?,19-/m0/s1. The zero-order chi connectivity index (χ0) is 23.7. The number of nitrogens with zero attached hydrogens (tertiary/aromatic N) is 2. The molecule has 0 bridgehead atoms. The number of piperazine rings is 1. The molecule has 0 radical (unpaired) electrons. The van der Waals surface area contributed by atoms with Crippen molar-refractivity contribution in [3.63, 3.8) is 0 Å². The number of carbonyl (C=O) groups excluding carboxylic acids is 2. The first-order valence-corrected chi connectivity index (χ1v) is 10.6. The molecule has 9 nitrogen and oxygen atoms in total. The van der Waals surface area contributed by atoms with Crippen LogP contribution in [0.3, 0.4) is 0 Å². The Bertz CT molecular complexity index is 848. The maximum Gasteiger partial charge on any atom is 0.475 e. The van der Waals surface area contributed by atoms with Crippen LogP contribution in [-0.2, 0) is 16.0 Å². The van der Waals surface area contributed by atoms with Crippen molar-refractivity contribution in [2.45, 2.75) is 39.2 Å². The molecule has 1 fully saturated rings. The molecule has 1 aliphatic heterocycles. The molecule has 1 aromatic rings. The smallest absolute Gasteiger partial charge is 0.447 e. The van der Waals surface area contributed by atoms with Crippen molar-refractivity contribution in [1.82, 2.24) is 15.5 Å². The van der Waals surface area contributed by atoms with Gasteiger partial charge in [0.25, 0.3) is 5.91 Å². The average Bonchev–Trinajstić information content (AvgIpc) is 2.75. The van der Waals surface area contributed by atoms with E-state index in [1.54, 1.807) is 6.08 Å². The molecule has 2 amide bonds. The van der Waals surface area contributed by atoms with E-state index in [-0.39, 0.29) is 24.0 Å². The Morgan fingerprint density at radius 3 is 2.66 bits per heavy atom. The summed E-state index contributed by atoms with van der Waals surface area (Å²) < 4.78 is 5.29. The van der Waals surface area contributed by atoms with Gasteiger partial charge in [-0.15, -0.1) is 0 Å². The summed E-state index contributed by atoms with van der Waals surface area (Å²) in [6, 6.07) is 10.6. The normalized spacial score (nSPS) is 17.8. The molecule has 0 saturated carbocycles. The van der Waals surface area contributed by atoms with Crippen LogP contribution in [0.2, 0.25) is 0 Å². The van der Waals surface area contributed by atoms with E-state index in [9.17, 15) is 24.9 Å². The number of hydrogen-bond donors (Lipinski definition) is 4. The van der Waals surface area contributed by atoms with E-state index in [2.05, 4.69) is 10.6 Å². The third-order valence-electron chi connectivity index (χ3n) is 4.91. The molecule has 4 N–H and O–H groups in total. The second kappa shape index (κ2) is 11.7. The van der Waals surface area contributed by atoms with Crippen LogP contribution in [0.25, 0.3) is 0 Å². The van der Waals surface area contributed by atoms with Crippen molar-refractivity contribution < 1.29 is 24.4 Å². The molecule has 1 aromatic carbocycles. The number of carbonyl (C=O) groups is 2. The lowest BCUT2D eigenvalue weighted by atomic mass is 9.76. The van der Waals surface area contributed by atoms with E-state index in [1.165, 1.54) is 4.90 Å². The van der Waals surface area contributed by atoms with Gasteiger partial charge in [0.05, 0.1) is 12.0 Å². The van der Waals surface area contributed by atoms with Crippen molar-refractivity contribution in [3.8, 4) is 6.07 Å². The number of nitriles is 1. The van der Waals surface area contributed by atoms with Gasteiger partial charge < -0.3 is 30.3 Å². The minimum atomic E-state index is -1.77. The lowest BCUT2D eigenvalue weighted by molar-refractivity contribution is -0.130. The zero-order valence-electron chi connectivity index (χ0n) is 18.7. The van der Waals surface area contributed by atoms with Gasteiger partial charge in [-0.2, -0.15) is 5.26 Å². The summed E-state index contributed by atoms with van der Waals surface area (Å²) in [5, 5.41) is 34.3. The minimum absolute atomic E-state index is 0.0557. The van der Waals surface area contributed by atoms with Gasteiger partial charge in [0.15, 0.2) is 0 Å². The Kier molecular flexibility index (Phi) is 9.26. The first-order chi connectivity index (χ1) is 15.1. The maximum atomic E-state index is 12.9. The quantitative estimate of drug-likeness (QED) is 0.276. The summed E-state index contributed by atoms with van der Waals surface area (Å²) in [5.41, 5.74) is 0.550. The molecule has 10 heteroatoms. The topological polar surface area (TPSA) is 135 Å². The third kappa shape index (κ3) is 8.00. The van der Waals surface area contributed by atoms with E-state index >= 15 is 0 Å². The predicted octanol–water partition coefficient (Wildman–Crippen LogP) is 0.632. The number of alkyl carbamates (subject to hydrolysis) is 1. The molecule has 1 heterocycles. The number of allylic oxidation sites excluding steroid dienone is 1. The lowest BCUT2D eigenvalue weighted by Crippen LogP contribution is -2.56. The Hall–Kier alpha value is -2.87. The van der Waals surface area contributed by atoms with E-state index < -0.39 is 31.1 Å². The second-order valence-corrected chi connectivity index (χ2v) is 8.84. The number of amides is 2. The molecule has 1 saturated heterocycles. The molecule has 172 valence electrons. The molecule has 1 unspecified atom stereocenters. The van der Waals surface area contributed by atoms with Crippen molar-refractivity contribution in [1.29, 1.82) is 5.26 Å². The fraction of sp³-hybridized carbons (Fsp3) is 0.500. The lowest BCUT2D eigenvalue weighted by Gasteiger charge is -2.36. The number of nitrogens with one attached hydrogen (secondary N) is 2. The molecule has 0 spiro atoms. The third-order valence-corrected chi connectivity index (χ3v) is 4.91. The highest BCUT2D eigenvalue weighted by Crippen LogP contribution is 2.19. The largest absolute Gasteiger partial charge is 0.475 e. The highest BCUT2D eigenvalue weighted by atomic mass is 16.5. The second-order valence-electron chi connectivity index (χ2n) is 8.84. The van der Waals surface area contributed by atoms with E-state index in [0.29, 0.717) is 19.6 Å². The summed E-state index contributed by atoms with van der Waals surface area (Å²) in [7, 11) is -1.77. The molecule has 2 rings (SSSR count). The van der Waals surface area contributed by atoms with Crippen LogP contribution in [0, 0.1) is 16.7 Å². The van der Waals surface area contributed by atoms with Gasteiger partial charge in [-0.25, -0.2) is 4.79 Å². The van der Waals surface area contributed by atoms with Gasteiger partial charge >= 0.3 is 13.2 Å². The Morgan fingerprint density at radius 1 is 1.38 bits per heavy atom. The van der Waals surface area contributed by atoms with Gasteiger partial charge in [-0.1, -0.05) is 57.2 Å². The van der Waals surface area contributed by atoms with Crippen molar-refractivity contribution in [3.05, 3.63) is 47.5 Å². The average molecular weight is 442 g/mol. The number of rotatable bonds is 7. The SMILES string of the molecule is CC(C)(C)/C=C(\C#N)C(=O)N1CCNCC1COC(=O)N[C@@H](Cc1ccccc1)B(O)O. The van der Waals surface area contributed by atoms with Gasteiger partial charge in [0.1, 0.15) is 18.2 Å². The molecule has 1 aliphatic rings. The fourth-order valence-electron chi connectivity index (χ4n) is 3.37. The van der Waals surface area contributed by atoms with E-state index in [4.69, 9.17) is 4.74 Å². The van der Waals surface area contributed by atoms with Crippen LogP contribution < -0.4 is 10.6 Å². The van der Waals surface area contributed by atoms with Crippen LogP contribution >= 0.6 is 0 Å². The van der Waals surface area contributed by atoms with Gasteiger partial charge in [0, 0.05) is 19.6 Å². The first-order valence-electron chi connectivity index (χ1n) is 10.6. The summed E-state index contributed by atoms with van der Waals surface area (Å²) in [4.78, 5) is 26.8. The summed E-state index contributed by atoms with van der Waals surface area (Å²) in [6.07, 6.45) is 1.04. The van der Waals surface area contributed by atoms with Gasteiger partial charge in [-0.3, -0.25) is 4.79 Å². The Labute approximate surface area is 189 Å². The number of hydrogen-bond acceptors (Lipinski definition) is 7. The van der Waals surface area contributed by atoms with Gasteiger partial charge in [-0.05, 0) is 17.4 Å². The van der Waals surface area contributed by atoms with E-state index in [1.807, 2.05) is 57.2 Å². The van der Waals surface area contributed by atoms with Crippen LogP contribution in [0.5, 0.6) is 0 Å². The maximum absolute atomic E-state index is 12.9. The summed E-state index contributed by atoms with van der Waals surface area (Å²) in [5.74, 6) is -1.35. The van der Waals surface area contributed by atoms with Crippen molar-refractivity contribution in [2.75, 3.05) is 26.2 Å². The number of benzene rings is 1. The monoisotopic (exact) mass is 442 g/mol. The Balaban J connectivity index is 1.99. The summed E-state index contributed by atoms with van der Waals surface area (Å²) in [6.45, 7) is 6.97. The van der Waals surface area contributed by atoms with Crippen LogP contribution in [0.15, 0.2) is 42.0 Å². The van der Waals surface area contributed by atoms with Crippen LogP contribution in [-0.4, -0.2) is 72.3 Å². The molecule has 0 aliphatic carbocycles. The first kappa shape index (κ1) is 25.4. The van der Waals surface area contributed by atoms with E-state index in [0.717, 1.165) is 5.56 Å². The van der Waals surface area contributed by atoms with Crippen LogP contribution in [0.1, 0.15) is 26.3 Å². The van der Waals surface area contributed by atoms with Gasteiger partial charge in [0.2, 0.25) is 0 Å².